The molecule has 1 heterocycles. The molecule has 11 heavy (non-hydrogen) atoms. The third-order valence-electron chi connectivity index (χ3n) is 1.46. The number of H-pyrrole nitrogens is 1. The lowest BCUT2D eigenvalue weighted by atomic mass is 10.2. The van der Waals surface area contributed by atoms with Crippen molar-refractivity contribution in [3.63, 3.8) is 0 Å². The van der Waals surface area contributed by atoms with Gasteiger partial charge in [-0.3, -0.25) is 4.79 Å². The number of hydrogen-bond donors (Lipinski definition) is 1. The zero-order valence-corrected chi connectivity index (χ0v) is 6.24. The summed E-state index contributed by atoms with van der Waals surface area (Å²) in [6, 6.07) is 4.08. The van der Waals surface area contributed by atoms with E-state index >= 15 is 0 Å². The van der Waals surface area contributed by atoms with Gasteiger partial charge >= 0.3 is 0 Å². The number of benzene rings is 1. The summed E-state index contributed by atoms with van der Waals surface area (Å²) < 4.78 is 15.2. The molecule has 1 aromatic heterocycles. The molecule has 56 valence electrons. The Kier molecular flexibility index (Phi) is 1.29. The summed E-state index contributed by atoms with van der Waals surface area (Å²) in [5.41, 5.74) is 0.569. The van der Waals surface area contributed by atoms with E-state index in [4.69, 9.17) is 0 Å². The van der Waals surface area contributed by atoms with E-state index < -0.39 is 0 Å². The van der Waals surface area contributed by atoms with E-state index in [-0.39, 0.29) is 10.6 Å². The van der Waals surface area contributed by atoms with Crippen molar-refractivity contribution in [3.05, 3.63) is 33.6 Å². The minimum atomic E-state index is -0.327. The Balaban J connectivity index is 2.97. The standard InChI is InChI=1S/C7H4FNOS/c8-4-1-2-5-6(3-4)9-11-7(5)10/h1-3,9H. The third-order valence-corrected chi connectivity index (χ3v) is 2.18. The van der Waals surface area contributed by atoms with Gasteiger partial charge in [-0.25, -0.2) is 4.39 Å². The van der Waals surface area contributed by atoms with Crippen molar-refractivity contribution in [1.29, 1.82) is 0 Å². The van der Waals surface area contributed by atoms with E-state index in [2.05, 4.69) is 4.37 Å². The predicted molar refractivity (Wildman–Crippen MR) is 42.4 cm³/mol. The Morgan fingerprint density at radius 1 is 1.45 bits per heavy atom. The molecule has 0 aliphatic rings. The van der Waals surface area contributed by atoms with Gasteiger partial charge in [-0.15, -0.1) is 0 Å². The first-order valence-electron chi connectivity index (χ1n) is 3.04. The molecule has 0 atom stereocenters. The molecule has 4 heteroatoms. The first-order chi connectivity index (χ1) is 5.27. The largest absolute Gasteiger partial charge is 0.307 e. The van der Waals surface area contributed by atoms with Crippen LogP contribution in [0.2, 0.25) is 0 Å². The number of hydrogen-bond acceptors (Lipinski definition) is 2. The molecule has 0 amide bonds. The Hall–Kier alpha value is -1.16. The molecule has 0 saturated carbocycles. The summed E-state index contributed by atoms with van der Waals surface area (Å²) in [6.45, 7) is 0. The first kappa shape index (κ1) is 6.54. The monoisotopic (exact) mass is 169 g/mol. The molecule has 0 aliphatic heterocycles. The number of nitrogens with one attached hydrogen (secondary N) is 1. The Morgan fingerprint density at radius 3 is 3.09 bits per heavy atom. The molecule has 0 radical (unpaired) electrons. The van der Waals surface area contributed by atoms with Crippen LogP contribution in [-0.4, -0.2) is 4.37 Å². The highest BCUT2D eigenvalue weighted by atomic mass is 32.1. The number of halogens is 1. The van der Waals surface area contributed by atoms with E-state index in [1.165, 1.54) is 18.2 Å². The van der Waals surface area contributed by atoms with Gasteiger partial charge in [0.2, 0.25) is 0 Å². The van der Waals surface area contributed by atoms with Gasteiger partial charge in [-0.1, -0.05) is 0 Å². The highest BCUT2D eigenvalue weighted by Gasteiger charge is 2.00. The summed E-state index contributed by atoms with van der Waals surface area (Å²) in [4.78, 5) is 11.0. The van der Waals surface area contributed by atoms with Gasteiger partial charge < -0.3 is 4.37 Å². The zero-order valence-electron chi connectivity index (χ0n) is 5.43. The van der Waals surface area contributed by atoms with E-state index in [9.17, 15) is 9.18 Å². The highest BCUT2D eigenvalue weighted by molar-refractivity contribution is 7.04. The van der Waals surface area contributed by atoms with Crippen LogP contribution in [0, 0.1) is 5.82 Å². The summed E-state index contributed by atoms with van der Waals surface area (Å²) >= 11 is 0.979. The molecule has 0 aliphatic carbocycles. The van der Waals surface area contributed by atoms with Crippen molar-refractivity contribution in [2.75, 3.05) is 0 Å². The van der Waals surface area contributed by atoms with Crippen molar-refractivity contribution in [1.82, 2.24) is 4.37 Å². The summed E-state index contributed by atoms with van der Waals surface area (Å²) in [7, 11) is 0. The van der Waals surface area contributed by atoms with Crippen LogP contribution in [0.1, 0.15) is 0 Å². The van der Waals surface area contributed by atoms with Gasteiger partial charge in [0.1, 0.15) is 5.82 Å². The zero-order chi connectivity index (χ0) is 7.84. The number of fused-ring (bicyclic) bond motifs is 1. The highest BCUT2D eigenvalue weighted by Crippen LogP contribution is 2.10. The van der Waals surface area contributed by atoms with Crippen molar-refractivity contribution in [3.8, 4) is 0 Å². The van der Waals surface area contributed by atoms with Crippen LogP contribution in [0.15, 0.2) is 23.0 Å². The fourth-order valence-electron chi connectivity index (χ4n) is 0.935. The molecule has 0 fully saturated rings. The van der Waals surface area contributed by atoms with Gasteiger partial charge in [0.25, 0.3) is 4.74 Å². The SMILES string of the molecule is O=c1s[nH]c2cc(F)ccc12. The molecule has 0 unspecified atom stereocenters. The average molecular weight is 169 g/mol. The minimum Gasteiger partial charge on any atom is -0.307 e. The quantitative estimate of drug-likeness (QED) is 0.640. The molecule has 0 spiro atoms. The van der Waals surface area contributed by atoms with Gasteiger partial charge in [-0.05, 0) is 29.7 Å². The van der Waals surface area contributed by atoms with Gasteiger partial charge in [0.15, 0.2) is 0 Å². The average Bonchev–Trinajstić information content (AvgIpc) is 2.32. The number of aromatic amines is 1. The second-order valence-corrected chi connectivity index (χ2v) is 2.96. The molecule has 0 saturated heterocycles. The fraction of sp³-hybridized carbons (Fsp3) is 0. The normalized spacial score (nSPS) is 10.6. The maximum absolute atomic E-state index is 12.5. The van der Waals surface area contributed by atoms with Crippen molar-refractivity contribution >= 4 is 22.4 Å². The summed E-state index contributed by atoms with van der Waals surface area (Å²) in [5.74, 6) is -0.327. The van der Waals surface area contributed by atoms with Crippen LogP contribution in [-0.2, 0) is 0 Å². The van der Waals surface area contributed by atoms with Gasteiger partial charge in [0.05, 0.1) is 10.9 Å². The van der Waals surface area contributed by atoms with Crippen LogP contribution >= 0.6 is 11.5 Å². The van der Waals surface area contributed by atoms with E-state index in [1.54, 1.807) is 0 Å². The lowest BCUT2D eigenvalue weighted by Crippen LogP contribution is -1.86. The first-order valence-corrected chi connectivity index (χ1v) is 3.86. The van der Waals surface area contributed by atoms with Gasteiger partial charge in [0, 0.05) is 0 Å². The third kappa shape index (κ3) is 0.952. The van der Waals surface area contributed by atoms with Crippen molar-refractivity contribution in [2.24, 2.45) is 0 Å². The fourth-order valence-corrected chi connectivity index (χ4v) is 1.59. The molecular formula is C7H4FNOS. The number of rotatable bonds is 0. The van der Waals surface area contributed by atoms with Crippen LogP contribution in [0.25, 0.3) is 10.9 Å². The second-order valence-electron chi connectivity index (χ2n) is 2.18. The molecule has 0 bridgehead atoms. The molecular weight excluding hydrogens is 165 g/mol. The minimum absolute atomic E-state index is 0.0556. The van der Waals surface area contributed by atoms with E-state index in [1.807, 2.05) is 0 Å². The molecule has 2 nitrogen and oxygen atoms in total. The molecule has 1 aromatic carbocycles. The van der Waals surface area contributed by atoms with Crippen molar-refractivity contribution in [2.45, 2.75) is 0 Å². The van der Waals surface area contributed by atoms with Crippen LogP contribution < -0.4 is 4.74 Å². The lowest BCUT2D eigenvalue weighted by molar-refractivity contribution is 0.629. The Labute approximate surface area is 65.4 Å². The molecule has 2 rings (SSSR count). The Bertz CT molecular complexity index is 445. The van der Waals surface area contributed by atoms with Crippen molar-refractivity contribution < 1.29 is 4.39 Å². The van der Waals surface area contributed by atoms with E-state index in [0.29, 0.717) is 10.9 Å². The maximum atomic E-state index is 12.5. The Morgan fingerprint density at radius 2 is 2.27 bits per heavy atom. The van der Waals surface area contributed by atoms with Gasteiger partial charge in [-0.2, -0.15) is 0 Å². The number of aromatic nitrogens is 1. The molecule has 1 N–H and O–H groups in total. The maximum Gasteiger partial charge on any atom is 0.257 e. The summed E-state index contributed by atoms with van der Waals surface area (Å²) in [5, 5.41) is 0.552. The smallest absolute Gasteiger partial charge is 0.257 e. The predicted octanol–water partition coefficient (Wildman–Crippen LogP) is 1.73. The topological polar surface area (TPSA) is 32.9 Å². The summed E-state index contributed by atoms with van der Waals surface area (Å²) in [6.07, 6.45) is 0. The van der Waals surface area contributed by atoms with E-state index in [0.717, 1.165) is 11.5 Å². The lowest BCUT2D eigenvalue weighted by Gasteiger charge is -1.86. The van der Waals surface area contributed by atoms with Crippen LogP contribution in [0.3, 0.4) is 0 Å². The van der Waals surface area contributed by atoms with Crippen LogP contribution in [0.5, 0.6) is 0 Å². The van der Waals surface area contributed by atoms with Crippen LogP contribution in [0.4, 0.5) is 4.39 Å². The molecule has 2 aromatic rings. The second kappa shape index (κ2) is 2.17.